The zero-order valence-electron chi connectivity index (χ0n) is 12.0. The van der Waals surface area contributed by atoms with Crippen molar-refractivity contribution < 1.29 is 4.74 Å². The summed E-state index contributed by atoms with van der Waals surface area (Å²) in [6.45, 7) is 4.31. The van der Waals surface area contributed by atoms with Gasteiger partial charge in [-0.3, -0.25) is 0 Å². The van der Waals surface area contributed by atoms with Crippen molar-refractivity contribution in [3.8, 4) is 0 Å². The third-order valence-electron chi connectivity index (χ3n) is 3.48. The minimum absolute atomic E-state index is 0.395. The van der Waals surface area contributed by atoms with Crippen molar-refractivity contribution in [2.75, 3.05) is 25.1 Å². The Morgan fingerprint density at radius 3 is 3.14 bits per heavy atom. The number of hydrogen-bond acceptors (Lipinski definition) is 7. The molecule has 0 amide bonds. The van der Waals surface area contributed by atoms with Crippen molar-refractivity contribution in [2.45, 2.75) is 32.1 Å². The first-order valence-corrected chi connectivity index (χ1v) is 7.21. The lowest BCUT2D eigenvalue weighted by Crippen LogP contribution is -2.09. The van der Waals surface area contributed by atoms with Crippen molar-refractivity contribution in [1.29, 1.82) is 0 Å². The fraction of sp³-hybridized carbons (Fsp3) is 0.615. The number of anilines is 1. The van der Waals surface area contributed by atoms with Gasteiger partial charge in [0.2, 0.25) is 0 Å². The van der Waals surface area contributed by atoms with Crippen LogP contribution >= 0.6 is 0 Å². The van der Waals surface area contributed by atoms with E-state index in [2.05, 4.69) is 35.9 Å². The molecule has 2 aromatic heterocycles. The van der Waals surface area contributed by atoms with E-state index >= 15 is 0 Å². The van der Waals surface area contributed by atoms with Gasteiger partial charge in [-0.2, -0.15) is 5.21 Å². The third kappa shape index (κ3) is 3.72. The Kier molecular flexibility index (Phi) is 4.34. The van der Waals surface area contributed by atoms with Gasteiger partial charge in [-0.25, -0.2) is 9.97 Å². The van der Waals surface area contributed by atoms with Crippen molar-refractivity contribution in [2.24, 2.45) is 0 Å². The Balaban J connectivity index is 1.54. The third-order valence-corrected chi connectivity index (χ3v) is 3.48. The van der Waals surface area contributed by atoms with Crippen molar-refractivity contribution >= 4 is 5.82 Å². The highest BCUT2D eigenvalue weighted by molar-refractivity contribution is 5.37. The summed E-state index contributed by atoms with van der Waals surface area (Å²) in [4.78, 5) is 8.95. The van der Waals surface area contributed by atoms with Crippen LogP contribution in [-0.4, -0.2) is 50.4 Å². The zero-order valence-corrected chi connectivity index (χ0v) is 12.0. The Morgan fingerprint density at radius 1 is 1.43 bits per heavy atom. The zero-order chi connectivity index (χ0) is 14.5. The summed E-state index contributed by atoms with van der Waals surface area (Å²) in [5.41, 5.74) is 1.07. The maximum Gasteiger partial charge on any atom is 0.174 e. The van der Waals surface area contributed by atoms with Gasteiger partial charge in [0.25, 0.3) is 0 Å². The van der Waals surface area contributed by atoms with Gasteiger partial charge in [-0.05, 0) is 19.8 Å². The Morgan fingerprint density at radius 2 is 2.38 bits per heavy atom. The molecule has 0 bridgehead atoms. The number of rotatable bonds is 6. The van der Waals surface area contributed by atoms with E-state index in [1.807, 2.05) is 13.0 Å². The number of tetrazole rings is 1. The molecule has 2 aromatic rings. The van der Waals surface area contributed by atoms with E-state index in [0.29, 0.717) is 5.92 Å². The fourth-order valence-electron chi connectivity index (χ4n) is 2.41. The Bertz CT molecular complexity index is 566. The van der Waals surface area contributed by atoms with E-state index in [1.54, 1.807) is 0 Å². The largest absolute Gasteiger partial charge is 0.381 e. The van der Waals surface area contributed by atoms with Gasteiger partial charge < -0.3 is 10.1 Å². The first-order chi connectivity index (χ1) is 10.3. The van der Waals surface area contributed by atoms with Crippen LogP contribution in [0.15, 0.2) is 6.07 Å². The van der Waals surface area contributed by atoms with Crippen LogP contribution in [0.25, 0.3) is 0 Å². The topological polar surface area (TPSA) is 102 Å². The number of nitrogens with one attached hydrogen (secondary N) is 2. The normalized spacial score (nSPS) is 18.0. The van der Waals surface area contributed by atoms with Crippen molar-refractivity contribution in [3.05, 3.63) is 23.4 Å². The monoisotopic (exact) mass is 289 g/mol. The van der Waals surface area contributed by atoms with Crippen LogP contribution in [0.1, 0.15) is 36.1 Å². The molecule has 112 valence electrons. The smallest absolute Gasteiger partial charge is 0.174 e. The van der Waals surface area contributed by atoms with Gasteiger partial charge in [-0.15, -0.1) is 10.2 Å². The molecule has 0 radical (unpaired) electrons. The molecule has 21 heavy (non-hydrogen) atoms. The number of aromatic nitrogens is 6. The lowest BCUT2D eigenvalue weighted by atomic mass is 10.0. The van der Waals surface area contributed by atoms with Gasteiger partial charge in [-0.1, -0.05) is 5.21 Å². The molecule has 0 aliphatic carbocycles. The average Bonchev–Trinajstić information content (AvgIpc) is 3.16. The summed E-state index contributed by atoms with van der Waals surface area (Å²) in [6, 6.07) is 2.03. The minimum atomic E-state index is 0.395. The molecule has 1 aliphatic rings. The van der Waals surface area contributed by atoms with Crippen molar-refractivity contribution in [3.63, 3.8) is 0 Å². The number of aromatic amines is 1. The molecule has 0 saturated carbocycles. The highest BCUT2D eigenvalue weighted by atomic mass is 16.5. The number of H-pyrrole nitrogens is 1. The first kappa shape index (κ1) is 13.9. The second-order valence-electron chi connectivity index (χ2n) is 5.14. The molecule has 8 nitrogen and oxygen atoms in total. The first-order valence-electron chi connectivity index (χ1n) is 7.21. The van der Waals surface area contributed by atoms with Gasteiger partial charge in [0, 0.05) is 31.6 Å². The standard InChI is InChI=1S/C13H19N7O/c1-9-15-11(10-4-6-21-8-10)7-13(16-9)14-5-2-3-12-17-19-20-18-12/h7,10H,2-6,8H2,1H3,(H,14,15,16)(H,17,18,19,20). The van der Waals surface area contributed by atoms with Crippen LogP contribution in [-0.2, 0) is 11.2 Å². The predicted molar refractivity (Wildman–Crippen MR) is 75.9 cm³/mol. The van der Waals surface area contributed by atoms with Gasteiger partial charge in [0.1, 0.15) is 11.6 Å². The summed E-state index contributed by atoms with van der Waals surface area (Å²) in [5, 5.41) is 17.2. The predicted octanol–water partition coefficient (Wildman–Crippen LogP) is 0.847. The van der Waals surface area contributed by atoms with E-state index < -0.39 is 0 Å². The maximum absolute atomic E-state index is 5.43. The molecule has 1 aliphatic heterocycles. The minimum Gasteiger partial charge on any atom is -0.381 e. The van der Waals surface area contributed by atoms with E-state index in [0.717, 1.165) is 62.2 Å². The molecule has 2 N–H and O–H groups in total. The highest BCUT2D eigenvalue weighted by Crippen LogP contribution is 2.24. The van der Waals surface area contributed by atoms with Gasteiger partial charge in [0.05, 0.1) is 12.3 Å². The number of ether oxygens (including phenoxy) is 1. The second kappa shape index (κ2) is 6.57. The second-order valence-corrected chi connectivity index (χ2v) is 5.14. The maximum atomic E-state index is 5.43. The molecule has 0 aromatic carbocycles. The van der Waals surface area contributed by atoms with Crippen LogP contribution in [0, 0.1) is 6.92 Å². The molecule has 1 unspecified atom stereocenters. The number of aryl methyl sites for hydroxylation is 2. The van der Waals surface area contributed by atoms with E-state index in [4.69, 9.17) is 4.74 Å². The quantitative estimate of drug-likeness (QED) is 0.760. The molecular weight excluding hydrogens is 270 g/mol. The molecule has 3 rings (SSSR count). The van der Waals surface area contributed by atoms with Gasteiger partial charge in [0.15, 0.2) is 5.82 Å². The fourth-order valence-corrected chi connectivity index (χ4v) is 2.41. The number of nitrogens with zero attached hydrogens (tertiary/aromatic N) is 5. The van der Waals surface area contributed by atoms with E-state index in [9.17, 15) is 0 Å². The van der Waals surface area contributed by atoms with Crippen LogP contribution in [0.2, 0.25) is 0 Å². The molecule has 8 heteroatoms. The highest BCUT2D eigenvalue weighted by Gasteiger charge is 2.20. The van der Waals surface area contributed by atoms with E-state index in [-0.39, 0.29) is 0 Å². The molecule has 1 atom stereocenters. The van der Waals surface area contributed by atoms with Crippen LogP contribution in [0.4, 0.5) is 5.82 Å². The Hall–Kier alpha value is -2.09. The van der Waals surface area contributed by atoms with Crippen LogP contribution in [0.3, 0.4) is 0 Å². The molecule has 3 heterocycles. The summed E-state index contributed by atoms with van der Waals surface area (Å²) in [7, 11) is 0. The van der Waals surface area contributed by atoms with Gasteiger partial charge >= 0.3 is 0 Å². The molecule has 1 fully saturated rings. The van der Waals surface area contributed by atoms with Crippen LogP contribution < -0.4 is 5.32 Å². The average molecular weight is 289 g/mol. The lowest BCUT2D eigenvalue weighted by Gasteiger charge is -2.11. The summed E-state index contributed by atoms with van der Waals surface area (Å²) < 4.78 is 5.43. The summed E-state index contributed by atoms with van der Waals surface area (Å²) >= 11 is 0. The molecular formula is C13H19N7O. The summed E-state index contributed by atoms with van der Waals surface area (Å²) in [6.07, 6.45) is 2.75. The summed E-state index contributed by atoms with van der Waals surface area (Å²) in [5.74, 6) is 2.80. The van der Waals surface area contributed by atoms with Crippen molar-refractivity contribution in [1.82, 2.24) is 30.6 Å². The van der Waals surface area contributed by atoms with Crippen LogP contribution in [0.5, 0.6) is 0 Å². The SMILES string of the molecule is Cc1nc(NCCCc2nn[nH]n2)cc(C2CCOC2)n1. The molecule has 1 saturated heterocycles. The lowest BCUT2D eigenvalue weighted by molar-refractivity contribution is 0.193. The molecule has 0 spiro atoms. The Labute approximate surface area is 122 Å². The van der Waals surface area contributed by atoms with E-state index in [1.165, 1.54) is 0 Å². The number of hydrogen-bond donors (Lipinski definition) is 2.